The van der Waals surface area contributed by atoms with Crippen molar-refractivity contribution in [2.45, 2.75) is 0 Å². The molecule has 0 amide bonds. The third-order valence-corrected chi connectivity index (χ3v) is 12.0. The number of fused-ring (bicyclic) bond motifs is 12. The van der Waals surface area contributed by atoms with E-state index in [4.69, 9.17) is 9.97 Å². The predicted octanol–water partition coefficient (Wildman–Crippen LogP) is 13.0. The van der Waals surface area contributed by atoms with Crippen LogP contribution in [0.25, 0.3) is 108 Å². The number of rotatable bonds is 3. The molecule has 0 radical (unpaired) electrons. The molecule has 8 aromatic carbocycles. The summed E-state index contributed by atoms with van der Waals surface area (Å²) in [4.78, 5) is 10.9. The Kier molecular flexibility index (Phi) is 5.90. The first-order valence-electron chi connectivity index (χ1n) is 17.9. The summed E-state index contributed by atoms with van der Waals surface area (Å²) in [5, 5.41) is 9.88. The van der Waals surface area contributed by atoms with E-state index < -0.39 is 0 Å². The Balaban J connectivity index is 1.22. The summed E-state index contributed by atoms with van der Waals surface area (Å²) >= 11 is 1.83. The maximum absolute atomic E-state index is 5.49. The molecule has 12 aromatic rings. The fourth-order valence-electron chi connectivity index (χ4n) is 8.56. The fraction of sp³-hybridized carbons (Fsp3) is 0. The van der Waals surface area contributed by atoms with Gasteiger partial charge in [-0.1, -0.05) is 115 Å². The Bertz CT molecular complexity index is 3420. The van der Waals surface area contributed by atoms with Crippen molar-refractivity contribution in [1.82, 2.24) is 19.1 Å². The van der Waals surface area contributed by atoms with Crippen molar-refractivity contribution in [2.24, 2.45) is 0 Å². The molecule has 53 heavy (non-hydrogen) atoms. The smallest absolute Gasteiger partial charge is 0.165 e. The standard InChI is InChI=1S/C48H28N4S/c1-2-12-32-29(11-1)22-26-42-46(32)37-25-23-31(51-40-18-8-3-13-33(40)34-14-4-9-19-41(34)51)28-43(37)52(42)48-47(49-38-16-6-7-17-39(38)50-48)30-21-24-36-35-15-5-10-20-44(35)53-45(36)27-30/h1-28H. The summed E-state index contributed by atoms with van der Waals surface area (Å²) in [5.74, 6) is 0.818. The first-order valence-corrected chi connectivity index (χ1v) is 18.7. The van der Waals surface area contributed by atoms with E-state index in [-0.39, 0.29) is 0 Å². The summed E-state index contributed by atoms with van der Waals surface area (Å²) in [6.07, 6.45) is 0. The number of para-hydroxylation sites is 4. The number of thiophene rings is 1. The molecular formula is C48H28N4S. The lowest BCUT2D eigenvalue weighted by atomic mass is 10.0. The Hall–Kier alpha value is -6.82. The molecule has 4 heterocycles. The van der Waals surface area contributed by atoms with Crippen LogP contribution >= 0.6 is 11.3 Å². The van der Waals surface area contributed by atoms with Gasteiger partial charge in [0.25, 0.3) is 0 Å². The average Bonchev–Trinajstić information content (AvgIpc) is 3.87. The number of hydrogen-bond acceptors (Lipinski definition) is 3. The Labute approximate surface area is 307 Å². The molecule has 0 aliphatic rings. The normalized spacial score (nSPS) is 12.2. The second-order valence-electron chi connectivity index (χ2n) is 13.8. The van der Waals surface area contributed by atoms with Crippen molar-refractivity contribution in [1.29, 1.82) is 0 Å². The van der Waals surface area contributed by atoms with Crippen LogP contribution in [0.5, 0.6) is 0 Å². The van der Waals surface area contributed by atoms with Gasteiger partial charge >= 0.3 is 0 Å². The van der Waals surface area contributed by atoms with Gasteiger partial charge in [0.15, 0.2) is 5.82 Å². The van der Waals surface area contributed by atoms with Gasteiger partial charge in [-0.25, -0.2) is 9.97 Å². The predicted molar refractivity (Wildman–Crippen MR) is 224 cm³/mol. The maximum atomic E-state index is 5.49. The van der Waals surface area contributed by atoms with Gasteiger partial charge in [-0.05, 0) is 65.4 Å². The van der Waals surface area contributed by atoms with Crippen molar-refractivity contribution in [3.8, 4) is 22.8 Å². The zero-order chi connectivity index (χ0) is 34.6. The van der Waals surface area contributed by atoms with Gasteiger partial charge in [0, 0.05) is 53.0 Å². The minimum atomic E-state index is 0.818. The van der Waals surface area contributed by atoms with Crippen molar-refractivity contribution >= 4 is 96.9 Å². The van der Waals surface area contributed by atoms with E-state index in [1.165, 1.54) is 63.5 Å². The number of aromatic nitrogens is 4. The van der Waals surface area contributed by atoms with E-state index in [2.05, 4.69) is 167 Å². The average molecular weight is 693 g/mol. The summed E-state index contributed by atoms with van der Waals surface area (Å²) < 4.78 is 7.29. The quantitative estimate of drug-likeness (QED) is 0.185. The number of benzene rings is 8. The highest BCUT2D eigenvalue weighted by Crippen LogP contribution is 2.42. The van der Waals surface area contributed by atoms with Gasteiger partial charge in [0.05, 0.1) is 33.1 Å². The molecule has 0 bridgehead atoms. The molecule has 0 atom stereocenters. The lowest BCUT2D eigenvalue weighted by molar-refractivity contribution is 1.08. The molecular weight excluding hydrogens is 665 g/mol. The Morgan fingerprint density at radius 2 is 1.04 bits per heavy atom. The molecule has 0 unspecified atom stereocenters. The lowest BCUT2D eigenvalue weighted by Crippen LogP contribution is -2.04. The highest BCUT2D eigenvalue weighted by Gasteiger charge is 2.22. The summed E-state index contributed by atoms with van der Waals surface area (Å²) in [7, 11) is 0. The molecule has 0 N–H and O–H groups in total. The number of nitrogens with zero attached hydrogens (tertiary/aromatic N) is 4. The molecule has 5 heteroatoms. The van der Waals surface area contributed by atoms with Crippen LogP contribution in [0.4, 0.5) is 0 Å². The Morgan fingerprint density at radius 3 is 1.85 bits per heavy atom. The van der Waals surface area contributed by atoms with Gasteiger partial charge in [0.1, 0.15) is 5.69 Å². The maximum Gasteiger partial charge on any atom is 0.165 e. The van der Waals surface area contributed by atoms with Gasteiger partial charge < -0.3 is 4.57 Å². The largest absolute Gasteiger partial charge is 0.309 e. The minimum Gasteiger partial charge on any atom is -0.309 e. The lowest BCUT2D eigenvalue weighted by Gasteiger charge is -2.15. The van der Waals surface area contributed by atoms with E-state index in [1.54, 1.807) is 0 Å². The summed E-state index contributed by atoms with van der Waals surface area (Å²) in [6, 6.07) is 61.2. The molecule has 0 aliphatic heterocycles. The number of hydrogen-bond donors (Lipinski definition) is 0. The molecule has 12 rings (SSSR count). The second kappa shape index (κ2) is 10.8. The molecule has 0 aliphatic carbocycles. The van der Waals surface area contributed by atoms with Crippen LogP contribution in [0.15, 0.2) is 170 Å². The summed E-state index contributed by atoms with van der Waals surface area (Å²) in [6.45, 7) is 0. The molecule has 0 fully saturated rings. The van der Waals surface area contributed by atoms with Gasteiger partial charge in [0.2, 0.25) is 0 Å². The van der Waals surface area contributed by atoms with Crippen LogP contribution in [-0.4, -0.2) is 19.1 Å². The molecule has 0 saturated carbocycles. The third kappa shape index (κ3) is 4.11. The molecule has 4 aromatic heterocycles. The summed E-state index contributed by atoms with van der Waals surface area (Å²) in [5.41, 5.74) is 9.31. The van der Waals surface area contributed by atoms with Crippen LogP contribution in [0.3, 0.4) is 0 Å². The SMILES string of the molecule is c1ccc2c(c1)ccc1c2c2ccc(-n3c4ccccc4c4ccccc43)cc2n1-c1nc2ccccc2nc1-c1ccc2c(c1)sc1ccccc12. The van der Waals surface area contributed by atoms with E-state index in [1.807, 2.05) is 23.5 Å². The Morgan fingerprint density at radius 1 is 0.396 bits per heavy atom. The van der Waals surface area contributed by atoms with E-state index in [0.717, 1.165) is 44.8 Å². The van der Waals surface area contributed by atoms with E-state index in [9.17, 15) is 0 Å². The van der Waals surface area contributed by atoms with Crippen LogP contribution in [0.2, 0.25) is 0 Å². The van der Waals surface area contributed by atoms with E-state index >= 15 is 0 Å². The second-order valence-corrected chi connectivity index (χ2v) is 14.9. The van der Waals surface area contributed by atoms with Crippen LogP contribution in [-0.2, 0) is 0 Å². The topological polar surface area (TPSA) is 35.6 Å². The first-order chi connectivity index (χ1) is 26.3. The highest BCUT2D eigenvalue weighted by atomic mass is 32.1. The van der Waals surface area contributed by atoms with Gasteiger partial charge in [-0.3, -0.25) is 4.57 Å². The van der Waals surface area contributed by atoms with Crippen LogP contribution in [0.1, 0.15) is 0 Å². The van der Waals surface area contributed by atoms with Gasteiger partial charge in [-0.2, -0.15) is 0 Å². The van der Waals surface area contributed by atoms with Gasteiger partial charge in [-0.15, -0.1) is 11.3 Å². The van der Waals surface area contributed by atoms with Crippen LogP contribution < -0.4 is 0 Å². The third-order valence-electron chi connectivity index (χ3n) is 10.9. The monoisotopic (exact) mass is 692 g/mol. The van der Waals surface area contributed by atoms with Crippen molar-refractivity contribution < 1.29 is 0 Å². The van der Waals surface area contributed by atoms with Crippen molar-refractivity contribution in [3.63, 3.8) is 0 Å². The minimum absolute atomic E-state index is 0.818. The van der Waals surface area contributed by atoms with Crippen LogP contribution in [0, 0.1) is 0 Å². The van der Waals surface area contributed by atoms with E-state index in [0.29, 0.717) is 0 Å². The molecule has 0 spiro atoms. The van der Waals surface area contributed by atoms with Crippen molar-refractivity contribution in [2.75, 3.05) is 0 Å². The zero-order valence-electron chi connectivity index (χ0n) is 28.4. The van der Waals surface area contributed by atoms with Crippen molar-refractivity contribution in [3.05, 3.63) is 170 Å². The molecule has 4 nitrogen and oxygen atoms in total. The molecule has 0 saturated heterocycles. The fourth-order valence-corrected chi connectivity index (χ4v) is 9.70. The first kappa shape index (κ1) is 28.8. The highest BCUT2D eigenvalue weighted by molar-refractivity contribution is 7.25. The zero-order valence-corrected chi connectivity index (χ0v) is 29.2. The molecule has 246 valence electrons.